The Kier molecular flexibility index (Phi) is 5.48. The Bertz CT molecular complexity index is 339. The van der Waals surface area contributed by atoms with Crippen molar-refractivity contribution in [1.82, 2.24) is 0 Å². The van der Waals surface area contributed by atoms with Crippen LogP contribution in [0.4, 0.5) is 0 Å². The van der Waals surface area contributed by atoms with Crippen molar-refractivity contribution in [1.29, 1.82) is 0 Å². The summed E-state index contributed by atoms with van der Waals surface area (Å²) in [5.41, 5.74) is 0. The summed E-state index contributed by atoms with van der Waals surface area (Å²) in [5.74, 6) is 0. The third kappa shape index (κ3) is 3.35. The van der Waals surface area contributed by atoms with E-state index in [0.29, 0.717) is 0 Å². The van der Waals surface area contributed by atoms with Gasteiger partial charge in [0.05, 0.1) is 13.2 Å². The van der Waals surface area contributed by atoms with Crippen molar-refractivity contribution in [2.75, 3.05) is 13.2 Å². The lowest BCUT2D eigenvalue weighted by molar-refractivity contribution is -0.342. The van der Waals surface area contributed by atoms with Crippen LogP contribution in [0.25, 0.3) is 0 Å². The van der Waals surface area contributed by atoms with Crippen LogP contribution in [0.2, 0.25) is 0 Å². The van der Waals surface area contributed by atoms with E-state index in [-0.39, 0.29) is 6.61 Å². The number of ether oxygens (including phenoxy) is 3. The van der Waals surface area contributed by atoms with Gasteiger partial charge in [-0.2, -0.15) is 0 Å². The van der Waals surface area contributed by atoms with Crippen molar-refractivity contribution in [3.8, 4) is 0 Å². The molecule has 2 heterocycles. The van der Waals surface area contributed by atoms with E-state index in [4.69, 9.17) is 14.2 Å². The highest BCUT2D eigenvalue weighted by Gasteiger charge is 2.48. The summed E-state index contributed by atoms with van der Waals surface area (Å²) in [6.45, 7) is -0.930. The minimum absolute atomic E-state index is 0.304. The molecule has 9 atom stereocenters. The molecule has 21 heavy (non-hydrogen) atoms. The van der Waals surface area contributed by atoms with Gasteiger partial charge in [-0.3, -0.25) is 0 Å². The maximum atomic E-state index is 9.87. The Balaban J connectivity index is 2.05. The van der Waals surface area contributed by atoms with Crippen molar-refractivity contribution in [3.05, 3.63) is 0 Å². The van der Waals surface area contributed by atoms with Crippen LogP contribution in [0.3, 0.4) is 0 Å². The molecule has 124 valence electrons. The van der Waals surface area contributed by atoms with Gasteiger partial charge in [0.1, 0.15) is 42.7 Å². The normalized spacial score (nSPS) is 51.9. The zero-order chi connectivity index (χ0) is 15.7. The first-order valence-corrected chi connectivity index (χ1v) is 6.48. The molecular formula is C11H20O10. The van der Waals surface area contributed by atoms with Crippen molar-refractivity contribution < 1.29 is 50.0 Å². The van der Waals surface area contributed by atoms with Gasteiger partial charge in [-0.15, -0.1) is 0 Å². The molecule has 0 bridgehead atoms. The fraction of sp³-hybridized carbons (Fsp3) is 1.00. The van der Waals surface area contributed by atoms with Crippen LogP contribution < -0.4 is 0 Å². The van der Waals surface area contributed by atoms with Crippen LogP contribution >= 0.6 is 0 Å². The molecule has 2 rings (SSSR count). The molecule has 0 aromatic heterocycles. The van der Waals surface area contributed by atoms with E-state index in [1.165, 1.54) is 0 Å². The Hall–Kier alpha value is -0.400. The highest BCUT2D eigenvalue weighted by molar-refractivity contribution is 4.91. The second kappa shape index (κ2) is 6.79. The number of hydrogen-bond acceptors (Lipinski definition) is 10. The van der Waals surface area contributed by atoms with E-state index in [9.17, 15) is 35.7 Å². The molecule has 2 aliphatic rings. The summed E-state index contributed by atoms with van der Waals surface area (Å²) in [7, 11) is 0. The van der Waals surface area contributed by atoms with Gasteiger partial charge in [-0.25, -0.2) is 0 Å². The molecule has 0 unspecified atom stereocenters. The van der Waals surface area contributed by atoms with Gasteiger partial charge in [-0.1, -0.05) is 0 Å². The topological polar surface area (TPSA) is 169 Å². The zero-order valence-electron chi connectivity index (χ0n) is 11.0. The standard InChI is InChI=1S/C11H20O10/c12-1-4-9(6(15)7(16)10(18)20-4)21-11-8(17)5(14)3(13)2-19-11/h3-18H,1-2H2/t3-,4-,5+,6-,7-,8-,9-,10+,11-/m1/s1. The van der Waals surface area contributed by atoms with E-state index >= 15 is 0 Å². The highest BCUT2D eigenvalue weighted by Crippen LogP contribution is 2.26. The lowest BCUT2D eigenvalue weighted by Gasteiger charge is -2.43. The fourth-order valence-corrected chi connectivity index (χ4v) is 2.29. The summed E-state index contributed by atoms with van der Waals surface area (Å²) in [6.07, 6.45) is -13.2. The predicted octanol–water partition coefficient (Wildman–Crippen LogP) is -4.76. The van der Waals surface area contributed by atoms with E-state index in [1.54, 1.807) is 0 Å². The Morgan fingerprint density at radius 1 is 0.905 bits per heavy atom. The quantitative estimate of drug-likeness (QED) is 0.268. The maximum absolute atomic E-state index is 9.87. The first-order valence-electron chi connectivity index (χ1n) is 6.48. The maximum Gasteiger partial charge on any atom is 0.186 e. The van der Waals surface area contributed by atoms with Gasteiger partial charge in [0.2, 0.25) is 0 Å². The van der Waals surface area contributed by atoms with Gasteiger partial charge >= 0.3 is 0 Å². The molecule has 0 aromatic rings. The Morgan fingerprint density at radius 3 is 2.19 bits per heavy atom. The van der Waals surface area contributed by atoms with Crippen molar-refractivity contribution in [2.45, 2.75) is 55.3 Å². The van der Waals surface area contributed by atoms with Crippen molar-refractivity contribution in [3.63, 3.8) is 0 Å². The molecule has 0 aromatic carbocycles. The predicted molar refractivity (Wildman–Crippen MR) is 62.6 cm³/mol. The van der Waals surface area contributed by atoms with E-state index < -0.39 is 61.9 Å². The van der Waals surface area contributed by atoms with Gasteiger partial charge in [0.15, 0.2) is 12.6 Å². The molecule has 0 amide bonds. The monoisotopic (exact) mass is 312 g/mol. The largest absolute Gasteiger partial charge is 0.394 e. The van der Waals surface area contributed by atoms with Crippen LogP contribution in [0.15, 0.2) is 0 Å². The molecule has 2 fully saturated rings. The van der Waals surface area contributed by atoms with E-state index in [2.05, 4.69) is 0 Å². The number of aliphatic hydroxyl groups excluding tert-OH is 7. The van der Waals surface area contributed by atoms with Gasteiger partial charge in [-0.05, 0) is 0 Å². The van der Waals surface area contributed by atoms with Crippen LogP contribution in [0, 0.1) is 0 Å². The average molecular weight is 312 g/mol. The van der Waals surface area contributed by atoms with Gasteiger partial charge in [0.25, 0.3) is 0 Å². The first-order chi connectivity index (χ1) is 9.86. The summed E-state index contributed by atoms with van der Waals surface area (Å²) in [6, 6.07) is 0. The third-order valence-electron chi connectivity index (χ3n) is 3.58. The van der Waals surface area contributed by atoms with Crippen LogP contribution in [0.1, 0.15) is 0 Å². The van der Waals surface area contributed by atoms with Crippen LogP contribution in [-0.2, 0) is 14.2 Å². The number of hydrogen-bond donors (Lipinski definition) is 7. The second-order valence-electron chi connectivity index (χ2n) is 5.08. The molecule has 0 spiro atoms. The Morgan fingerprint density at radius 2 is 1.57 bits per heavy atom. The summed E-state index contributed by atoms with van der Waals surface area (Å²) in [5, 5.41) is 66.5. The average Bonchev–Trinajstić information content (AvgIpc) is 2.47. The second-order valence-corrected chi connectivity index (χ2v) is 5.08. The minimum Gasteiger partial charge on any atom is -0.394 e. The third-order valence-corrected chi connectivity index (χ3v) is 3.58. The molecule has 10 nitrogen and oxygen atoms in total. The van der Waals surface area contributed by atoms with Crippen LogP contribution in [0.5, 0.6) is 0 Å². The molecule has 0 radical (unpaired) electrons. The highest BCUT2D eigenvalue weighted by atomic mass is 16.7. The van der Waals surface area contributed by atoms with Gasteiger partial charge < -0.3 is 50.0 Å². The molecule has 7 N–H and O–H groups in total. The summed E-state index contributed by atoms with van der Waals surface area (Å²) < 4.78 is 15.1. The lowest BCUT2D eigenvalue weighted by Crippen LogP contribution is -2.62. The number of rotatable bonds is 3. The summed E-state index contributed by atoms with van der Waals surface area (Å²) in [4.78, 5) is 0. The molecule has 10 heteroatoms. The van der Waals surface area contributed by atoms with Crippen LogP contribution in [-0.4, -0.2) is 104 Å². The molecular weight excluding hydrogens is 292 g/mol. The SMILES string of the molecule is OC[C@H]1O[C@H](O)[C@H](O)[C@@H](O)[C@@H]1O[C@H]1OC[C@@H](O)[C@H](O)[C@H]1O. The zero-order valence-corrected chi connectivity index (χ0v) is 11.0. The molecule has 0 saturated carbocycles. The van der Waals surface area contributed by atoms with Crippen molar-refractivity contribution >= 4 is 0 Å². The first kappa shape index (κ1) is 17.0. The van der Waals surface area contributed by atoms with E-state index in [0.717, 1.165) is 0 Å². The minimum atomic E-state index is -1.69. The Labute approximate surface area is 119 Å². The molecule has 2 saturated heterocycles. The number of aliphatic hydroxyl groups is 7. The van der Waals surface area contributed by atoms with Gasteiger partial charge in [0, 0.05) is 0 Å². The fourth-order valence-electron chi connectivity index (χ4n) is 2.29. The molecule has 0 aliphatic carbocycles. The lowest BCUT2D eigenvalue weighted by atomic mass is 9.98. The van der Waals surface area contributed by atoms with E-state index in [1.807, 2.05) is 0 Å². The molecule has 2 aliphatic heterocycles. The summed E-state index contributed by atoms with van der Waals surface area (Å²) >= 11 is 0. The smallest absolute Gasteiger partial charge is 0.186 e. The van der Waals surface area contributed by atoms with Crippen molar-refractivity contribution in [2.24, 2.45) is 0 Å².